The van der Waals surface area contributed by atoms with Crippen LogP contribution in [0.25, 0.3) is 0 Å². The molecular weight excluding hydrogens is 404 g/mol. The maximum absolute atomic E-state index is 13.8. The smallest absolute Gasteiger partial charge is 0.276 e. The van der Waals surface area contributed by atoms with Crippen LogP contribution >= 0.6 is 0 Å². The molecule has 2 aliphatic heterocycles. The molecule has 0 bridgehead atoms. The largest absolute Gasteiger partial charge is 0.505 e. The van der Waals surface area contributed by atoms with Crippen LogP contribution in [0.1, 0.15) is 37.4 Å². The van der Waals surface area contributed by atoms with E-state index in [1.165, 1.54) is 0 Å². The third-order valence-electron chi connectivity index (χ3n) is 4.94. The Morgan fingerprint density at radius 2 is 2.10 bits per heavy atom. The molecule has 1 aromatic heterocycles. The summed E-state index contributed by atoms with van der Waals surface area (Å²) in [6.07, 6.45) is 0.0245. The Kier molecular flexibility index (Phi) is 3.86. The summed E-state index contributed by atoms with van der Waals surface area (Å²) >= 11 is 0. The number of ether oxygens (including phenoxy) is 1. The van der Waals surface area contributed by atoms with Gasteiger partial charge in [-0.1, -0.05) is 0 Å². The number of fused-ring (bicyclic) bond motifs is 2. The molecule has 2 amide bonds. The number of nitrogens with zero attached hydrogens (tertiary/aromatic N) is 2. The van der Waals surface area contributed by atoms with E-state index in [1.807, 2.05) is 0 Å². The van der Waals surface area contributed by atoms with E-state index in [1.54, 1.807) is 0 Å². The van der Waals surface area contributed by atoms with Crippen LogP contribution in [-0.4, -0.2) is 50.4 Å². The van der Waals surface area contributed by atoms with Crippen molar-refractivity contribution in [3.8, 4) is 11.5 Å². The van der Waals surface area contributed by atoms with Crippen molar-refractivity contribution in [2.24, 2.45) is 0 Å². The van der Waals surface area contributed by atoms with Gasteiger partial charge in [0.25, 0.3) is 11.8 Å². The van der Waals surface area contributed by atoms with Gasteiger partial charge in [-0.3, -0.25) is 14.4 Å². The number of hydrogen-bond donors (Lipinski definition) is 3. The number of carbonyl (C=O) groups is 2. The van der Waals surface area contributed by atoms with Gasteiger partial charge in [0.15, 0.2) is 29.2 Å². The van der Waals surface area contributed by atoms with E-state index in [2.05, 4.69) is 5.32 Å². The molecule has 1 aromatic carbocycles. The Hall–Kier alpha value is -3.47. The SMILES string of the molecule is [2H]C([2H])([2H])[C@H]1CO[C@@H]2Cn3cc(C(=O)NCc4cc(O)c(F)cc4F)c(=O)c(O)c3C(=O)N21. The van der Waals surface area contributed by atoms with Gasteiger partial charge in [0.2, 0.25) is 5.43 Å². The lowest BCUT2D eigenvalue weighted by molar-refractivity contribution is 0.00624. The lowest BCUT2D eigenvalue weighted by atomic mass is 10.1. The summed E-state index contributed by atoms with van der Waals surface area (Å²) in [7, 11) is 0. The number of pyridine rings is 1. The maximum atomic E-state index is 13.8. The molecule has 3 heterocycles. The highest BCUT2D eigenvalue weighted by Crippen LogP contribution is 2.29. The zero-order valence-electron chi connectivity index (χ0n) is 18.2. The van der Waals surface area contributed by atoms with Crippen LogP contribution in [-0.2, 0) is 17.8 Å². The van der Waals surface area contributed by atoms with Crippen molar-refractivity contribution in [3.63, 3.8) is 0 Å². The number of rotatable bonds is 3. The number of aromatic nitrogens is 1. The molecule has 0 aliphatic carbocycles. The van der Waals surface area contributed by atoms with Crippen molar-refractivity contribution in [1.82, 2.24) is 14.8 Å². The standard InChI is InChI=1S/C19H17F2N3O6/c1-8-7-30-14-6-23-5-10(16(26)17(27)15(23)19(29)24(8)14)18(28)22-4-9-2-13(25)12(21)3-11(9)20/h2-3,5,8,14,25,27H,4,6-7H2,1H3,(H,22,28)/t8-,14+/m0/s1/i1D3. The van der Waals surface area contributed by atoms with E-state index in [0.29, 0.717) is 6.07 Å². The van der Waals surface area contributed by atoms with Crippen LogP contribution in [0.4, 0.5) is 8.78 Å². The van der Waals surface area contributed by atoms with Gasteiger partial charge in [-0.15, -0.1) is 0 Å². The fraction of sp³-hybridized carbons (Fsp3) is 0.316. The number of phenols is 1. The van der Waals surface area contributed by atoms with Crippen molar-refractivity contribution >= 4 is 11.8 Å². The summed E-state index contributed by atoms with van der Waals surface area (Å²) in [6, 6.07) is -0.0564. The quantitative estimate of drug-likeness (QED) is 0.666. The Labute approximate surface area is 172 Å². The molecule has 0 saturated carbocycles. The van der Waals surface area contributed by atoms with E-state index in [-0.39, 0.29) is 18.7 Å². The summed E-state index contributed by atoms with van der Waals surface area (Å²) in [6.45, 7) is -3.48. The predicted molar refractivity (Wildman–Crippen MR) is 96.9 cm³/mol. The van der Waals surface area contributed by atoms with Crippen LogP contribution in [0, 0.1) is 11.6 Å². The molecule has 1 saturated heterocycles. The molecule has 9 nitrogen and oxygen atoms in total. The van der Waals surface area contributed by atoms with E-state index >= 15 is 0 Å². The Bertz CT molecular complexity index is 1230. The van der Waals surface area contributed by atoms with Gasteiger partial charge < -0.3 is 29.7 Å². The first-order chi connectivity index (χ1) is 15.4. The molecule has 2 aliphatic rings. The second kappa shape index (κ2) is 7.10. The molecule has 0 unspecified atom stereocenters. The zero-order chi connectivity index (χ0) is 24.2. The molecule has 2 aromatic rings. The molecule has 1 fully saturated rings. The molecule has 3 N–H and O–H groups in total. The summed E-state index contributed by atoms with van der Waals surface area (Å²) in [5, 5.41) is 22.0. The highest BCUT2D eigenvalue weighted by molar-refractivity contribution is 5.99. The molecule has 0 spiro atoms. The maximum Gasteiger partial charge on any atom is 0.276 e. The Balaban J connectivity index is 1.63. The third-order valence-corrected chi connectivity index (χ3v) is 4.94. The second-order valence-electron chi connectivity index (χ2n) is 6.82. The lowest BCUT2D eigenvalue weighted by Gasteiger charge is -2.33. The van der Waals surface area contributed by atoms with Gasteiger partial charge in [-0.25, -0.2) is 8.78 Å². The normalized spacial score (nSPS) is 22.0. The summed E-state index contributed by atoms with van der Waals surface area (Å²) in [4.78, 5) is 39.0. The van der Waals surface area contributed by atoms with Gasteiger partial charge in [-0.05, 0) is 12.9 Å². The van der Waals surface area contributed by atoms with Gasteiger partial charge in [0.05, 0.1) is 19.2 Å². The fourth-order valence-corrected chi connectivity index (χ4v) is 3.43. The van der Waals surface area contributed by atoms with E-state index in [0.717, 1.165) is 21.7 Å². The minimum absolute atomic E-state index is 0.151. The fourth-order valence-electron chi connectivity index (χ4n) is 3.43. The Morgan fingerprint density at radius 1 is 1.33 bits per heavy atom. The number of carbonyl (C=O) groups excluding carboxylic acids is 2. The zero-order valence-corrected chi connectivity index (χ0v) is 15.2. The third kappa shape index (κ3) is 3.07. The first-order valence-electron chi connectivity index (χ1n) is 10.3. The van der Waals surface area contributed by atoms with E-state index in [9.17, 15) is 33.4 Å². The first-order valence-corrected chi connectivity index (χ1v) is 8.76. The molecule has 11 heteroatoms. The minimum atomic E-state index is -2.55. The molecule has 158 valence electrons. The average molecular weight is 424 g/mol. The highest BCUT2D eigenvalue weighted by Gasteiger charge is 2.42. The van der Waals surface area contributed by atoms with Gasteiger partial charge in [0, 0.05) is 28.5 Å². The predicted octanol–water partition coefficient (Wildman–Crippen LogP) is 0.668. The second-order valence-corrected chi connectivity index (χ2v) is 6.82. The van der Waals surface area contributed by atoms with Crippen molar-refractivity contribution in [3.05, 3.63) is 57.0 Å². The van der Waals surface area contributed by atoms with Crippen LogP contribution < -0.4 is 10.7 Å². The van der Waals surface area contributed by atoms with Gasteiger partial charge in [0.1, 0.15) is 11.4 Å². The van der Waals surface area contributed by atoms with E-state index < -0.39 is 77.3 Å². The Morgan fingerprint density at radius 3 is 2.83 bits per heavy atom. The monoisotopic (exact) mass is 424 g/mol. The van der Waals surface area contributed by atoms with Crippen molar-refractivity contribution in [2.45, 2.75) is 32.2 Å². The first kappa shape index (κ1) is 16.3. The number of nitrogens with one attached hydrogen (secondary N) is 1. The minimum Gasteiger partial charge on any atom is -0.505 e. The summed E-state index contributed by atoms with van der Waals surface area (Å²) in [5.74, 6) is -6.07. The molecular formula is C19H17F2N3O6. The van der Waals surface area contributed by atoms with Crippen molar-refractivity contribution < 1.29 is 37.4 Å². The highest BCUT2D eigenvalue weighted by atomic mass is 19.1. The molecule has 2 atom stereocenters. The molecule has 0 radical (unpaired) electrons. The molecule has 4 rings (SSSR count). The summed E-state index contributed by atoms with van der Waals surface area (Å²) in [5.41, 5.74) is -2.51. The molecule has 30 heavy (non-hydrogen) atoms. The number of benzene rings is 1. The van der Waals surface area contributed by atoms with Crippen LogP contribution in [0.3, 0.4) is 0 Å². The van der Waals surface area contributed by atoms with Crippen molar-refractivity contribution in [2.75, 3.05) is 6.61 Å². The van der Waals surface area contributed by atoms with Crippen molar-refractivity contribution in [1.29, 1.82) is 0 Å². The average Bonchev–Trinajstić information content (AvgIpc) is 3.17. The van der Waals surface area contributed by atoms with Gasteiger partial charge in [-0.2, -0.15) is 0 Å². The van der Waals surface area contributed by atoms with Crippen LogP contribution in [0.5, 0.6) is 11.5 Å². The number of amides is 2. The topological polar surface area (TPSA) is 121 Å². The van der Waals surface area contributed by atoms with E-state index in [4.69, 9.17) is 8.85 Å². The number of aromatic hydroxyl groups is 2. The lowest BCUT2D eigenvalue weighted by Crippen LogP contribution is -2.49. The number of hydrogen-bond acceptors (Lipinski definition) is 6. The number of halogens is 2. The number of phenolic OH excluding ortho intramolecular Hbond substituents is 1. The summed E-state index contributed by atoms with van der Waals surface area (Å²) < 4.78 is 56.3. The van der Waals surface area contributed by atoms with Crippen LogP contribution in [0.2, 0.25) is 0 Å². The van der Waals surface area contributed by atoms with Crippen LogP contribution in [0.15, 0.2) is 23.1 Å². The van der Waals surface area contributed by atoms with Gasteiger partial charge >= 0.3 is 0 Å².